The molecule has 0 atom stereocenters. The summed E-state index contributed by atoms with van der Waals surface area (Å²) in [6.45, 7) is 2.90. The maximum Gasteiger partial charge on any atom is 0.261 e. The Morgan fingerprint density at radius 2 is 1.96 bits per heavy atom. The van der Waals surface area contributed by atoms with Crippen LogP contribution in [-0.4, -0.2) is 39.7 Å². The van der Waals surface area contributed by atoms with Crippen LogP contribution in [0.2, 0.25) is 5.02 Å². The second kappa shape index (κ2) is 7.23. The summed E-state index contributed by atoms with van der Waals surface area (Å²) in [4.78, 5) is 6.65. The molecular weight excluding hydrogens is 413 g/mol. The molecule has 1 aromatic heterocycles. The van der Waals surface area contributed by atoms with Crippen molar-refractivity contribution < 1.29 is 17.5 Å². The molecule has 0 aliphatic carbocycles. The van der Waals surface area contributed by atoms with Crippen molar-refractivity contribution in [3.05, 3.63) is 47.2 Å². The highest BCUT2D eigenvalue weighted by molar-refractivity contribution is 7.92. The highest BCUT2D eigenvalue weighted by atomic mass is 35.5. The van der Waals surface area contributed by atoms with Crippen molar-refractivity contribution in [1.29, 1.82) is 0 Å². The number of nitrogens with zero attached hydrogens (tertiary/aromatic N) is 2. The van der Waals surface area contributed by atoms with E-state index in [1.165, 1.54) is 17.4 Å². The van der Waals surface area contributed by atoms with Gasteiger partial charge in [0, 0.05) is 13.1 Å². The molecule has 27 heavy (non-hydrogen) atoms. The summed E-state index contributed by atoms with van der Waals surface area (Å²) in [7, 11) is -3.88. The third-order valence-corrected chi connectivity index (χ3v) is 6.86. The molecule has 0 unspecified atom stereocenters. The molecule has 4 rings (SSSR count). The second-order valence-electron chi connectivity index (χ2n) is 5.96. The largest absolute Gasteiger partial charge is 0.378 e. The summed E-state index contributed by atoms with van der Waals surface area (Å²) in [5, 5.41) is 0.643. The van der Waals surface area contributed by atoms with E-state index in [1.807, 2.05) is 0 Å². The van der Waals surface area contributed by atoms with E-state index in [4.69, 9.17) is 16.3 Å². The van der Waals surface area contributed by atoms with Gasteiger partial charge in [-0.15, -0.1) is 0 Å². The zero-order valence-electron chi connectivity index (χ0n) is 14.0. The standard InChI is InChI=1S/C17H15ClFN3O3S2/c18-13-10-12(2-3-14(13)19)27(23,24)21-11-1-4-15-16(9-11)26-17(20-15)22-5-7-25-8-6-22/h1-4,9-10,21H,5-8H2. The van der Waals surface area contributed by atoms with Gasteiger partial charge in [-0.2, -0.15) is 0 Å². The molecule has 0 saturated carbocycles. The molecule has 1 fully saturated rings. The summed E-state index contributed by atoms with van der Waals surface area (Å²) in [5.41, 5.74) is 1.20. The van der Waals surface area contributed by atoms with Crippen LogP contribution in [-0.2, 0) is 14.8 Å². The summed E-state index contributed by atoms with van der Waals surface area (Å²) < 4.78 is 47.1. The lowest BCUT2D eigenvalue weighted by Gasteiger charge is -2.25. The van der Waals surface area contributed by atoms with Gasteiger partial charge in [0.1, 0.15) is 5.82 Å². The van der Waals surface area contributed by atoms with Gasteiger partial charge in [0.25, 0.3) is 10.0 Å². The lowest BCUT2D eigenvalue weighted by atomic mass is 10.3. The Balaban J connectivity index is 1.60. The number of rotatable bonds is 4. The molecule has 6 nitrogen and oxygen atoms in total. The molecule has 2 aromatic carbocycles. The fourth-order valence-electron chi connectivity index (χ4n) is 2.72. The Hall–Kier alpha value is -1.94. The van der Waals surface area contributed by atoms with Crippen LogP contribution in [0.3, 0.4) is 0 Å². The SMILES string of the molecule is O=S(=O)(Nc1ccc2nc(N3CCOCC3)sc2c1)c1ccc(F)c(Cl)c1. The van der Waals surface area contributed by atoms with Crippen molar-refractivity contribution in [2.45, 2.75) is 4.90 Å². The Kier molecular flexibility index (Phi) is 4.94. The van der Waals surface area contributed by atoms with Crippen LogP contribution < -0.4 is 9.62 Å². The minimum absolute atomic E-state index is 0.104. The summed E-state index contributed by atoms with van der Waals surface area (Å²) >= 11 is 7.19. The van der Waals surface area contributed by atoms with Gasteiger partial charge < -0.3 is 9.64 Å². The van der Waals surface area contributed by atoms with E-state index in [0.29, 0.717) is 18.9 Å². The fraction of sp³-hybridized carbons (Fsp3) is 0.235. The van der Waals surface area contributed by atoms with Crippen LogP contribution in [0.5, 0.6) is 0 Å². The lowest BCUT2D eigenvalue weighted by molar-refractivity contribution is 0.122. The van der Waals surface area contributed by atoms with Gasteiger partial charge in [-0.1, -0.05) is 22.9 Å². The maximum atomic E-state index is 13.3. The Labute approximate surface area is 164 Å². The number of hydrogen-bond acceptors (Lipinski definition) is 6. The van der Waals surface area contributed by atoms with Crippen molar-refractivity contribution in [2.75, 3.05) is 35.9 Å². The van der Waals surface area contributed by atoms with E-state index < -0.39 is 15.8 Å². The minimum atomic E-state index is -3.88. The van der Waals surface area contributed by atoms with Crippen molar-refractivity contribution in [1.82, 2.24) is 4.98 Å². The predicted molar refractivity (Wildman–Crippen MR) is 105 cm³/mol. The third kappa shape index (κ3) is 3.86. The van der Waals surface area contributed by atoms with Gasteiger partial charge in [0.2, 0.25) is 0 Å². The first-order valence-electron chi connectivity index (χ1n) is 8.13. The molecule has 1 aliphatic heterocycles. The van der Waals surface area contributed by atoms with E-state index in [2.05, 4.69) is 14.6 Å². The van der Waals surface area contributed by atoms with E-state index >= 15 is 0 Å². The highest BCUT2D eigenvalue weighted by Crippen LogP contribution is 2.32. The van der Waals surface area contributed by atoms with Crippen molar-refractivity contribution in [2.24, 2.45) is 0 Å². The van der Waals surface area contributed by atoms with E-state index in [1.54, 1.807) is 18.2 Å². The number of nitrogens with one attached hydrogen (secondary N) is 1. The van der Waals surface area contributed by atoms with Gasteiger partial charge in [-0.05, 0) is 36.4 Å². The van der Waals surface area contributed by atoms with Crippen molar-refractivity contribution >= 4 is 54.0 Å². The number of fused-ring (bicyclic) bond motifs is 1. The Bertz CT molecular complexity index is 1100. The van der Waals surface area contributed by atoms with Crippen LogP contribution in [0.25, 0.3) is 10.2 Å². The number of thiazole rings is 1. The van der Waals surface area contributed by atoms with E-state index in [-0.39, 0.29) is 9.92 Å². The molecule has 0 radical (unpaired) electrons. The molecule has 1 aliphatic rings. The molecule has 0 bridgehead atoms. The van der Waals surface area contributed by atoms with Crippen LogP contribution in [0.15, 0.2) is 41.3 Å². The van der Waals surface area contributed by atoms with Gasteiger partial charge in [-0.3, -0.25) is 4.72 Å². The quantitative estimate of drug-likeness (QED) is 0.687. The average Bonchev–Trinajstić information content (AvgIpc) is 3.07. The predicted octanol–water partition coefficient (Wildman–Crippen LogP) is 3.73. The molecule has 0 spiro atoms. The lowest BCUT2D eigenvalue weighted by Crippen LogP contribution is -2.36. The number of halogens is 2. The van der Waals surface area contributed by atoms with E-state index in [9.17, 15) is 12.8 Å². The van der Waals surface area contributed by atoms with Gasteiger partial charge in [0.05, 0.1) is 39.0 Å². The van der Waals surface area contributed by atoms with Crippen LogP contribution >= 0.6 is 22.9 Å². The minimum Gasteiger partial charge on any atom is -0.378 e. The van der Waals surface area contributed by atoms with Crippen molar-refractivity contribution in [3.63, 3.8) is 0 Å². The van der Waals surface area contributed by atoms with Crippen LogP contribution in [0, 0.1) is 5.82 Å². The summed E-state index contributed by atoms with van der Waals surface area (Å²) in [6, 6.07) is 8.43. The Morgan fingerprint density at radius 1 is 1.19 bits per heavy atom. The zero-order chi connectivity index (χ0) is 19.0. The number of ether oxygens (including phenoxy) is 1. The first-order valence-corrected chi connectivity index (χ1v) is 10.8. The fourth-order valence-corrected chi connectivity index (χ4v) is 5.10. The van der Waals surface area contributed by atoms with Crippen LogP contribution in [0.4, 0.5) is 15.2 Å². The second-order valence-corrected chi connectivity index (χ2v) is 9.06. The monoisotopic (exact) mass is 427 g/mol. The molecule has 1 N–H and O–H groups in total. The molecule has 10 heteroatoms. The molecule has 1 saturated heterocycles. The number of benzene rings is 2. The Morgan fingerprint density at radius 3 is 2.70 bits per heavy atom. The molecule has 3 aromatic rings. The smallest absolute Gasteiger partial charge is 0.261 e. The molecular formula is C17H15ClFN3O3S2. The van der Waals surface area contributed by atoms with Crippen molar-refractivity contribution in [3.8, 4) is 0 Å². The summed E-state index contributed by atoms with van der Waals surface area (Å²) in [5.74, 6) is -0.669. The van der Waals surface area contributed by atoms with Gasteiger partial charge in [0.15, 0.2) is 5.13 Å². The average molecular weight is 428 g/mol. The number of morpholine rings is 1. The highest BCUT2D eigenvalue weighted by Gasteiger charge is 2.18. The number of sulfonamides is 1. The van der Waals surface area contributed by atoms with Gasteiger partial charge >= 0.3 is 0 Å². The first-order chi connectivity index (χ1) is 12.9. The molecule has 142 valence electrons. The third-order valence-electron chi connectivity index (χ3n) is 4.11. The molecule has 2 heterocycles. The first kappa shape index (κ1) is 18.4. The topological polar surface area (TPSA) is 71.5 Å². The number of anilines is 2. The zero-order valence-corrected chi connectivity index (χ0v) is 16.4. The number of hydrogen-bond donors (Lipinski definition) is 1. The van der Waals surface area contributed by atoms with Crippen LogP contribution in [0.1, 0.15) is 0 Å². The number of aromatic nitrogens is 1. The maximum absolute atomic E-state index is 13.3. The van der Waals surface area contributed by atoms with E-state index in [0.717, 1.165) is 40.6 Å². The summed E-state index contributed by atoms with van der Waals surface area (Å²) in [6.07, 6.45) is 0. The van der Waals surface area contributed by atoms with Gasteiger partial charge in [-0.25, -0.2) is 17.8 Å². The normalized spacial score (nSPS) is 15.3. The molecule has 0 amide bonds.